The van der Waals surface area contributed by atoms with Gasteiger partial charge >= 0.3 is 0 Å². The Bertz CT molecular complexity index is 881. The molecule has 3 N–H and O–H groups in total. The fourth-order valence-corrected chi connectivity index (χ4v) is 2.92. The van der Waals surface area contributed by atoms with E-state index in [4.69, 9.17) is 0 Å². The molecule has 3 aromatic rings. The Kier molecular flexibility index (Phi) is 2.79. The Morgan fingerprint density at radius 2 is 2.09 bits per heavy atom. The molecule has 22 heavy (non-hydrogen) atoms. The van der Waals surface area contributed by atoms with E-state index < -0.39 is 0 Å². The third-order valence-corrected chi connectivity index (χ3v) is 3.98. The molecule has 0 radical (unpaired) electrons. The van der Waals surface area contributed by atoms with Crippen molar-refractivity contribution in [3.8, 4) is 5.75 Å². The number of phenolic OH excluding ortho intramolecular Hbond substituents is 1. The summed E-state index contributed by atoms with van der Waals surface area (Å²) in [5, 5.41) is 15.2. The van der Waals surface area contributed by atoms with Crippen molar-refractivity contribution in [3.63, 3.8) is 0 Å². The number of anilines is 1. The summed E-state index contributed by atoms with van der Waals surface area (Å²) < 4.78 is 0. The fraction of sp³-hybridized carbons (Fsp3) is 0.118. The summed E-state index contributed by atoms with van der Waals surface area (Å²) in [5.41, 5.74) is 7.27. The number of rotatable bonds is 2. The van der Waals surface area contributed by atoms with Crippen molar-refractivity contribution in [3.05, 3.63) is 59.8 Å². The minimum absolute atomic E-state index is 0.270. The normalized spacial score (nSPS) is 14.2. The van der Waals surface area contributed by atoms with Crippen LogP contribution in [0.2, 0.25) is 0 Å². The molecule has 5 nitrogen and oxygen atoms in total. The van der Waals surface area contributed by atoms with Crippen LogP contribution >= 0.6 is 0 Å². The van der Waals surface area contributed by atoms with Crippen molar-refractivity contribution < 1.29 is 5.11 Å². The van der Waals surface area contributed by atoms with Gasteiger partial charge in [0.15, 0.2) is 5.84 Å². The van der Waals surface area contributed by atoms with E-state index in [0.29, 0.717) is 6.67 Å². The average molecular weight is 292 g/mol. The van der Waals surface area contributed by atoms with E-state index in [1.54, 1.807) is 12.1 Å². The summed E-state index contributed by atoms with van der Waals surface area (Å²) in [6.07, 6.45) is 1.94. The molecule has 0 aliphatic carbocycles. The molecule has 1 aliphatic heterocycles. The number of nitrogens with one attached hydrogen (secondary N) is 2. The lowest BCUT2D eigenvalue weighted by molar-refractivity contribution is 0.475. The van der Waals surface area contributed by atoms with Crippen LogP contribution in [0.3, 0.4) is 0 Å². The number of amidine groups is 1. The first-order valence-corrected chi connectivity index (χ1v) is 7.18. The first-order valence-electron chi connectivity index (χ1n) is 7.18. The number of phenols is 1. The van der Waals surface area contributed by atoms with Gasteiger partial charge in [-0.1, -0.05) is 6.07 Å². The third-order valence-electron chi connectivity index (χ3n) is 3.98. The molecule has 0 amide bonds. The molecule has 5 heteroatoms. The summed E-state index contributed by atoms with van der Waals surface area (Å²) in [6.45, 7) is 2.60. The lowest BCUT2D eigenvalue weighted by Gasteiger charge is -2.21. The number of aryl methyl sites for hydroxylation is 1. The van der Waals surface area contributed by atoms with Crippen LogP contribution < -0.4 is 10.3 Å². The highest BCUT2D eigenvalue weighted by atomic mass is 16.3. The molecule has 0 bridgehead atoms. The second kappa shape index (κ2) is 4.80. The van der Waals surface area contributed by atoms with Gasteiger partial charge in [-0.15, -0.1) is 0 Å². The Hall–Kier alpha value is -2.95. The largest absolute Gasteiger partial charge is 0.508 e. The quantitative estimate of drug-likeness (QED) is 0.680. The summed E-state index contributed by atoms with van der Waals surface area (Å²) in [6, 6.07) is 13.6. The van der Waals surface area contributed by atoms with E-state index in [0.717, 1.165) is 33.6 Å². The van der Waals surface area contributed by atoms with Gasteiger partial charge in [-0.2, -0.15) is 5.10 Å². The molecule has 1 aliphatic rings. The SMILES string of the molecule is Cc1cc(O)ccc1C1=NNCN1c1cccc2[nH]ccc12. The van der Waals surface area contributed by atoms with Crippen LogP contribution in [0.5, 0.6) is 5.75 Å². The number of hydrogen-bond donors (Lipinski definition) is 3. The van der Waals surface area contributed by atoms with Gasteiger partial charge in [0, 0.05) is 22.7 Å². The second-order valence-corrected chi connectivity index (χ2v) is 5.39. The van der Waals surface area contributed by atoms with Crippen LogP contribution in [0.25, 0.3) is 10.9 Å². The molecule has 110 valence electrons. The Balaban J connectivity index is 1.82. The highest BCUT2D eigenvalue weighted by Gasteiger charge is 2.23. The maximum Gasteiger partial charge on any atom is 0.162 e. The maximum atomic E-state index is 9.60. The number of hydrazone groups is 1. The van der Waals surface area contributed by atoms with Crippen molar-refractivity contribution in [2.75, 3.05) is 11.6 Å². The second-order valence-electron chi connectivity index (χ2n) is 5.39. The highest BCUT2D eigenvalue weighted by Crippen LogP contribution is 2.29. The van der Waals surface area contributed by atoms with E-state index in [9.17, 15) is 5.11 Å². The summed E-state index contributed by atoms with van der Waals surface area (Å²) in [5.74, 6) is 1.14. The third kappa shape index (κ3) is 1.90. The van der Waals surface area contributed by atoms with Crippen molar-refractivity contribution in [1.82, 2.24) is 10.4 Å². The molecule has 2 heterocycles. The number of nitrogens with zero attached hydrogens (tertiary/aromatic N) is 2. The highest BCUT2D eigenvalue weighted by molar-refractivity contribution is 6.14. The monoisotopic (exact) mass is 292 g/mol. The molecule has 0 fully saturated rings. The van der Waals surface area contributed by atoms with Crippen LogP contribution in [-0.2, 0) is 0 Å². The topological polar surface area (TPSA) is 63.7 Å². The molecule has 0 spiro atoms. The molecule has 0 saturated heterocycles. The van der Waals surface area contributed by atoms with Crippen molar-refractivity contribution in [2.45, 2.75) is 6.92 Å². The Morgan fingerprint density at radius 3 is 2.95 bits per heavy atom. The molecule has 0 atom stereocenters. The number of aromatic amines is 1. The van der Waals surface area contributed by atoms with Gasteiger partial charge in [-0.25, -0.2) is 0 Å². The number of aromatic hydroxyl groups is 1. The predicted molar refractivity (Wildman–Crippen MR) is 88.2 cm³/mol. The molecule has 1 aromatic heterocycles. The Labute approximate surface area is 127 Å². The number of fused-ring (bicyclic) bond motifs is 1. The van der Waals surface area contributed by atoms with E-state index in [1.807, 2.05) is 25.3 Å². The van der Waals surface area contributed by atoms with Gasteiger partial charge in [-0.05, 0) is 48.9 Å². The minimum atomic E-state index is 0.270. The van der Waals surface area contributed by atoms with Crippen molar-refractivity contribution in [2.24, 2.45) is 5.10 Å². The molecule has 4 rings (SSSR count). The molecular formula is C17H16N4O. The summed E-state index contributed by atoms with van der Waals surface area (Å²) >= 11 is 0. The minimum Gasteiger partial charge on any atom is -0.508 e. The van der Waals surface area contributed by atoms with Gasteiger partial charge in [0.2, 0.25) is 0 Å². The van der Waals surface area contributed by atoms with Crippen LogP contribution in [0, 0.1) is 6.92 Å². The zero-order valence-electron chi connectivity index (χ0n) is 12.2. The van der Waals surface area contributed by atoms with Crippen LogP contribution in [0.1, 0.15) is 11.1 Å². The van der Waals surface area contributed by atoms with Gasteiger partial charge in [0.25, 0.3) is 0 Å². The number of aromatic nitrogens is 1. The van der Waals surface area contributed by atoms with Gasteiger partial charge in [-0.3, -0.25) is 5.43 Å². The number of benzene rings is 2. The maximum absolute atomic E-state index is 9.60. The van der Waals surface area contributed by atoms with Gasteiger partial charge < -0.3 is 15.0 Å². The molecule has 2 aromatic carbocycles. The first-order chi connectivity index (χ1) is 10.7. The fourth-order valence-electron chi connectivity index (χ4n) is 2.92. The van der Waals surface area contributed by atoms with Crippen molar-refractivity contribution >= 4 is 22.4 Å². The van der Waals surface area contributed by atoms with Crippen molar-refractivity contribution in [1.29, 1.82) is 0 Å². The standard InChI is InChI=1S/C17H16N4O/c1-11-9-12(22)5-6-13(11)17-20-19-10-21(17)16-4-2-3-15-14(16)7-8-18-15/h2-9,18-19,22H,10H2,1H3. The molecular weight excluding hydrogens is 276 g/mol. The van der Waals surface area contributed by atoms with Crippen LogP contribution in [-0.4, -0.2) is 22.6 Å². The smallest absolute Gasteiger partial charge is 0.162 e. The molecule has 0 saturated carbocycles. The summed E-state index contributed by atoms with van der Waals surface area (Å²) in [4.78, 5) is 5.39. The number of H-pyrrole nitrogens is 1. The van der Waals surface area contributed by atoms with Crippen LogP contribution in [0.4, 0.5) is 5.69 Å². The van der Waals surface area contributed by atoms with Gasteiger partial charge in [0.05, 0.1) is 5.69 Å². The lowest BCUT2D eigenvalue weighted by Crippen LogP contribution is -2.30. The predicted octanol–water partition coefficient (Wildman–Crippen LogP) is 2.91. The van der Waals surface area contributed by atoms with Gasteiger partial charge in [0.1, 0.15) is 12.4 Å². The van der Waals surface area contributed by atoms with E-state index in [1.165, 1.54) is 0 Å². The van der Waals surface area contributed by atoms with Crippen LogP contribution in [0.15, 0.2) is 53.8 Å². The molecule has 0 unspecified atom stereocenters. The van der Waals surface area contributed by atoms with E-state index in [-0.39, 0.29) is 5.75 Å². The zero-order valence-corrected chi connectivity index (χ0v) is 12.2. The number of hydrogen-bond acceptors (Lipinski definition) is 4. The summed E-state index contributed by atoms with van der Waals surface area (Å²) in [7, 11) is 0. The first kappa shape index (κ1) is 12.8. The van der Waals surface area contributed by atoms with E-state index in [2.05, 4.69) is 38.6 Å². The lowest BCUT2D eigenvalue weighted by atomic mass is 10.1. The van der Waals surface area contributed by atoms with E-state index >= 15 is 0 Å². The zero-order chi connectivity index (χ0) is 15.1. The Morgan fingerprint density at radius 1 is 1.18 bits per heavy atom. The average Bonchev–Trinajstić information content (AvgIpc) is 3.15.